The second kappa shape index (κ2) is 10.8. The third-order valence-electron chi connectivity index (χ3n) is 8.18. The Bertz CT molecular complexity index is 1230. The van der Waals surface area contributed by atoms with Crippen LogP contribution < -0.4 is 14.5 Å². The third kappa shape index (κ3) is 5.28. The standard InChI is InChI=1S/C30H34FN3O4/c1-2-21-5-7-22(8-6-21)17-32-18-24-25(19-32)26(24)20-34(30(35)38-29-4-3-13-37-29)23-9-10-28(27(31)16-23)33-11-14-36-15-12-33/h3-10,13,16,24-26H,2,11-12,14-15,17-20H2,1H3. The van der Waals surface area contributed by atoms with Crippen molar-refractivity contribution in [3.05, 3.63) is 77.8 Å². The van der Waals surface area contributed by atoms with Crippen molar-refractivity contribution in [1.29, 1.82) is 0 Å². The van der Waals surface area contributed by atoms with E-state index in [0.29, 0.717) is 62.0 Å². The average molecular weight is 520 g/mol. The Balaban J connectivity index is 1.13. The summed E-state index contributed by atoms with van der Waals surface area (Å²) in [4.78, 5) is 19.3. The third-order valence-corrected chi connectivity index (χ3v) is 8.18. The molecule has 1 aliphatic carbocycles. The molecule has 6 rings (SSSR count). The predicted octanol–water partition coefficient (Wildman–Crippen LogP) is 5.20. The second-order valence-corrected chi connectivity index (χ2v) is 10.5. The van der Waals surface area contributed by atoms with Crippen LogP contribution in [0.15, 0.2) is 65.3 Å². The number of furan rings is 1. The first-order valence-corrected chi connectivity index (χ1v) is 13.5. The quantitative estimate of drug-likeness (QED) is 0.408. The molecule has 2 atom stereocenters. The molecule has 3 heterocycles. The lowest BCUT2D eigenvalue weighted by atomic mass is 10.1. The van der Waals surface area contributed by atoms with E-state index in [2.05, 4.69) is 36.1 Å². The maximum atomic E-state index is 15.2. The van der Waals surface area contributed by atoms with Gasteiger partial charge in [-0.05, 0) is 59.6 Å². The number of fused-ring (bicyclic) bond motifs is 1. The molecule has 2 aromatic carbocycles. The van der Waals surface area contributed by atoms with Crippen molar-refractivity contribution in [1.82, 2.24) is 4.90 Å². The van der Waals surface area contributed by atoms with Crippen molar-refractivity contribution >= 4 is 17.5 Å². The summed E-state index contributed by atoms with van der Waals surface area (Å²) in [5.74, 6) is 1.19. The number of carbonyl (C=O) groups is 1. The smallest absolute Gasteiger partial charge is 0.422 e. The van der Waals surface area contributed by atoms with E-state index < -0.39 is 6.09 Å². The van der Waals surface area contributed by atoms with Crippen LogP contribution in [0, 0.1) is 23.6 Å². The molecule has 3 fully saturated rings. The van der Waals surface area contributed by atoms with Crippen LogP contribution in [0.5, 0.6) is 5.95 Å². The molecule has 1 amide bonds. The number of aryl methyl sites for hydroxylation is 1. The first-order valence-electron chi connectivity index (χ1n) is 13.5. The van der Waals surface area contributed by atoms with Gasteiger partial charge in [-0.3, -0.25) is 9.80 Å². The van der Waals surface area contributed by atoms with Crippen LogP contribution >= 0.6 is 0 Å². The molecule has 200 valence electrons. The number of anilines is 2. The van der Waals surface area contributed by atoms with Gasteiger partial charge in [0, 0.05) is 45.3 Å². The fourth-order valence-electron chi connectivity index (χ4n) is 5.96. The van der Waals surface area contributed by atoms with E-state index in [0.717, 1.165) is 26.1 Å². The van der Waals surface area contributed by atoms with Crippen LogP contribution in [0.3, 0.4) is 0 Å². The van der Waals surface area contributed by atoms with Gasteiger partial charge >= 0.3 is 6.09 Å². The zero-order valence-electron chi connectivity index (χ0n) is 21.7. The van der Waals surface area contributed by atoms with E-state index in [1.807, 2.05) is 11.0 Å². The Hall–Kier alpha value is -3.36. The van der Waals surface area contributed by atoms with E-state index in [9.17, 15) is 4.79 Å². The van der Waals surface area contributed by atoms with Gasteiger partial charge in [-0.15, -0.1) is 0 Å². The number of piperidine rings is 1. The first kappa shape index (κ1) is 24.9. The van der Waals surface area contributed by atoms with Crippen molar-refractivity contribution in [2.45, 2.75) is 19.9 Å². The number of carbonyl (C=O) groups excluding carboxylic acids is 1. The van der Waals surface area contributed by atoms with E-state index in [4.69, 9.17) is 13.9 Å². The summed E-state index contributed by atoms with van der Waals surface area (Å²) < 4.78 is 31.3. The van der Waals surface area contributed by atoms with E-state index >= 15 is 4.39 Å². The minimum Gasteiger partial charge on any atom is -0.434 e. The maximum Gasteiger partial charge on any atom is 0.422 e. The van der Waals surface area contributed by atoms with E-state index in [1.165, 1.54) is 23.5 Å². The highest BCUT2D eigenvalue weighted by Gasteiger charge is 2.56. The number of morpholine rings is 1. The molecule has 1 saturated carbocycles. The highest BCUT2D eigenvalue weighted by Crippen LogP contribution is 2.52. The Morgan fingerprint density at radius 1 is 1.05 bits per heavy atom. The average Bonchev–Trinajstić information content (AvgIpc) is 3.28. The van der Waals surface area contributed by atoms with Gasteiger partial charge in [-0.1, -0.05) is 31.2 Å². The minimum absolute atomic E-state index is 0.127. The van der Waals surface area contributed by atoms with Gasteiger partial charge in [-0.25, -0.2) is 9.18 Å². The lowest BCUT2D eigenvalue weighted by Gasteiger charge is -2.30. The highest BCUT2D eigenvalue weighted by molar-refractivity contribution is 5.89. The molecule has 0 spiro atoms. The van der Waals surface area contributed by atoms with Crippen LogP contribution in [0.4, 0.5) is 20.6 Å². The molecule has 8 heteroatoms. The minimum atomic E-state index is -0.559. The summed E-state index contributed by atoms with van der Waals surface area (Å²) in [5.41, 5.74) is 3.71. The van der Waals surface area contributed by atoms with Crippen molar-refractivity contribution in [2.75, 3.05) is 55.7 Å². The summed E-state index contributed by atoms with van der Waals surface area (Å²) in [5, 5.41) is 0. The SMILES string of the molecule is CCc1ccc(CN2CC3C(C2)C3CN(C(=O)Oc2ccco2)c2ccc(N3CCOCC3)c(F)c2)cc1. The van der Waals surface area contributed by atoms with Gasteiger partial charge in [0.15, 0.2) is 0 Å². The Morgan fingerprint density at radius 2 is 1.79 bits per heavy atom. The monoisotopic (exact) mass is 519 g/mol. The lowest BCUT2D eigenvalue weighted by molar-refractivity contribution is 0.122. The van der Waals surface area contributed by atoms with E-state index in [-0.39, 0.29) is 11.8 Å². The summed E-state index contributed by atoms with van der Waals surface area (Å²) in [6.45, 7) is 8.07. The fraction of sp³-hybridized carbons (Fsp3) is 0.433. The number of halogens is 1. The van der Waals surface area contributed by atoms with Crippen LogP contribution in [0.1, 0.15) is 18.1 Å². The molecule has 2 unspecified atom stereocenters. The molecule has 2 saturated heterocycles. The summed E-state index contributed by atoms with van der Waals surface area (Å²) in [6, 6.07) is 17.1. The zero-order chi connectivity index (χ0) is 26.1. The number of benzene rings is 2. The number of ether oxygens (including phenoxy) is 2. The molecular weight excluding hydrogens is 485 g/mol. The summed E-state index contributed by atoms with van der Waals surface area (Å²) in [7, 11) is 0. The number of rotatable bonds is 8. The van der Waals surface area contributed by atoms with Crippen molar-refractivity contribution in [3.63, 3.8) is 0 Å². The second-order valence-electron chi connectivity index (χ2n) is 10.5. The zero-order valence-corrected chi connectivity index (χ0v) is 21.7. The maximum absolute atomic E-state index is 15.2. The molecule has 0 bridgehead atoms. The van der Waals surface area contributed by atoms with Crippen molar-refractivity contribution in [2.24, 2.45) is 17.8 Å². The summed E-state index contributed by atoms with van der Waals surface area (Å²) >= 11 is 0. The molecule has 2 aliphatic heterocycles. The molecular formula is C30H34FN3O4. The Kier molecular flexibility index (Phi) is 7.08. The molecule has 7 nitrogen and oxygen atoms in total. The number of hydrogen-bond acceptors (Lipinski definition) is 6. The van der Waals surface area contributed by atoms with Gasteiger partial charge in [0.1, 0.15) is 5.82 Å². The van der Waals surface area contributed by atoms with Crippen LogP contribution in [0.25, 0.3) is 0 Å². The first-order chi connectivity index (χ1) is 18.6. The summed E-state index contributed by atoms with van der Waals surface area (Å²) in [6.07, 6.45) is 1.95. The van der Waals surface area contributed by atoms with Gasteiger partial charge < -0.3 is 18.8 Å². The van der Waals surface area contributed by atoms with Gasteiger partial charge in [0.25, 0.3) is 5.95 Å². The van der Waals surface area contributed by atoms with Crippen LogP contribution in [0.2, 0.25) is 0 Å². The predicted molar refractivity (Wildman–Crippen MR) is 143 cm³/mol. The number of hydrogen-bond donors (Lipinski definition) is 0. The largest absolute Gasteiger partial charge is 0.434 e. The number of amides is 1. The molecule has 38 heavy (non-hydrogen) atoms. The van der Waals surface area contributed by atoms with E-state index in [1.54, 1.807) is 23.1 Å². The topological polar surface area (TPSA) is 58.4 Å². The molecule has 0 N–H and O–H groups in total. The molecule has 1 aromatic heterocycles. The molecule has 3 aromatic rings. The fourth-order valence-corrected chi connectivity index (χ4v) is 5.96. The Labute approximate surface area is 222 Å². The number of likely N-dealkylation sites (tertiary alicyclic amines) is 1. The van der Waals surface area contributed by atoms with Crippen molar-refractivity contribution < 1.29 is 23.1 Å². The molecule has 3 aliphatic rings. The molecule has 0 radical (unpaired) electrons. The van der Waals surface area contributed by atoms with Crippen molar-refractivity contribution in [3.8, 4) is 5.95 Å². The van der Waals surface area contributed by atoms with Gasteiger partial charge in [-0.2, -0.15) is 0 Å². The van der Waals surface area contributed by atoms with Crippen LogP contribution in [-0.4, -0.2) is 56.9 Å². The number of nitrogens with zero attached hydrogens (tertiary/aromatic N) is 3. The normalized spacial score (nSPS) is 22.8. The lowest BCUT2D eigenvalue weighted by Crippen LogP contribution is -2.38. The Morgan fingerprint density at radius 3 is 2.45 bits per heavy atom. The highest BCUT2D eigenvalue weighted by atomic mass is 19.1. The van der Waals surface area contributed by atoms with Gasteiger partial charge in [0.05, 0.1) is 30.9 Å². The van der Waals surface area contributed by atoms with Gasteiger partial charge in [0.2, 0.25) is 0 Å². The van der Waals surface area contributed by atoms with Crippen LogP contribution in [-0.2, 0) is 17.7 Å².